The molecule has 2 N–H and O–H groups in total. The van der Waals surface area contributed by atoms with Gasteiger partial charge in [-0.25, -0.2) is 0 Å². The topological polar surface area (TPSA) is 40.5 Å². The van der Waals surface area contributed by atoms with Gasteiger partial charge in [0.05, 0.1) is 12.2 Å². The van der Waals surface area contributed by atoms with Crippen molar-refractivity contribution in [3.63, 3.8) is 0 Å². The van der Waals surface area contributed by atoms with Gasteiger partial charge < -0.3 is 10.2 Å². The van der Waals surface area contributed by atoms with Crippen molar-refractivity contribution in [3.05, 3.63) is 0 Å². The highest BCUT2D eigenvalue weighted by Gasteiger charge is 2.04. The zero-order valence-corrected chi connectivity index (χ0v) is 14.7. The Morgan fingerprint density at radius 3 is 1.48 bits per heavy atom. The zero-order valence-electron chi connectivity index (χ0n) is 14.7. The lowest BCUT2D eigenvalue weighted by Crippen LogP contribution is -2.08. The van der Waals surface area contributed by atoms with E-state index in [-0.39, 0.29) is 12.2 Å². The van der Waals surface area contributed by atoms with Crippen LogP contribution in [0.15, 0.2) is 0 Å². The van der Waals surface area contributed by atoms with Crippen LogP contribution in [-0.2, 0) is 0 Å². The van der Waals surface area contributed by atoms with E-state index in [1.807, 2.05) is 6.92 Å². The Hall–Kier alpha value is -0.0800. The predicted octanol–water partition coefficient (Wildman–Crippen LogP) is 5.60. The lowest BCUT2D eigenvalue weighted by atomic mass is 10.0. The van der Waals surface area contributed by atoms with Gasteiger partial charge in [-0.2, -0.15) is 0 Å². The van der Waals surface area contributed by atoms with Crippen molar-refractivity contribution in [3.8, 4) is 0 Å². The fraction of sp³-hybridized carbons (Fsp3) is 1.00. The van der Waals surface area contributed by atoms with Crippen LogP contribution in [0.3, 0.4) is 0 Å². The van der Waals surface area contributed by atoms with Crippen molar-refractivity contribution in [2.24, 2.45) is 0 Å². The monoisotopic (exact) mass is 300 g/mol. The molecule has 0 aromatic carbocycles. The number of hydrogen-bond acceptors (Lipinski definition) is 2. The Morgan fingerprint density at radius 1 is 0.571 bits per heavy atom. The normalized spacial score (nSPS) is 14.3. The van der Waals surface area contributed by atoms with Crippen LogP contribution in [0, 0.1) is 0 Å². The summed E-state index contributed by atoms with van der Waals surface area (Å²) < 4.78 is 0. The van der Waals surface area contributed by atoms with Crippen molar-refractivity contribution < 1.29 is 10.2 Å². The summed E-state index contributed by atoms with van der Waals surface area (Å²) in [6, 6.07) is 0. The molecular formula is C19H40O2. The molecule has 2 unspecified atom stereocenters. The molecule has 0 heterocycles. The second-order valence-electron chi connectivity index (χ2n) is 6.76. The number of aliphatic hydroxyl groups excluding tert-OH is 2. The molecule has 2 heteroatoms. The highest BCUT2D eigenvalue weighted by molar-refractivity contribution is 4.58. The number of aliphatic hydroxyl groups is 2. The third-order valence-electron chi connectivity index (χ3n) is 4.30. The third kappa shape index (κ3) is 17.9. The van der Waals surface area contributed by atoms with Gasteiger partial charge in [0.1, 0.15) is 0 Å². The van der Waals surface area contributed by atoms with E-state index in [4.69, 9.17) is 5.11 Å². The second kappa shape index (κ2) is 16.3. The van der Waals surface area contributed by atoms with Gasteiger partial charge in [-0.15, -0.1) is 0 Å². The molecule has 21 heavy (non-hydrogen) atoms. The summed E-state index contributed by atoms with van der Waals surface area (Å²) in [5.41, 5.74) is 0. The number of unbranched alkanes of at least 4 members (excludes halogenated alkanes) is 10. The Bertz CT molecular complexity index is 192. The first-order valence-electron chi connectivity index (χ1n) is 9.53. The van der Waals surface area contributed by atoms with Gasteiger partial charge in [0, 0.05) is 0 Å². The molecule has 0 spiro atoms. The van der Waals surface area contributed by atoms with Crippen molar-refractivity contribution in [1.29, 1.82) is 0 Å². The minimum absolute atomic E-state index is 0.151. The van der Waals surface area contributed by atoms with Crippen molar-refractivity contribution in [1.82, 2.24) is 0 Å². The van der Waals surface area contributed by atoms with E-state index in [1.54, 1.807) is 0 Å². The largest absolute Gasteiger partial charge is 0.393 e. The van der Waals surface area contributed by atoms with Gasteiger partial charge in [0.25, 0.3) is 0 Å². The van der Waals surface area contributed by atoms with Crippen LogP contribution in [0.25, 0.3) is 0 Å². The molecule has 2 atom stereocenters. The predicted molar refractivity (Wildman–Crippen MR) is 92.6 cm³/mol. The molecule has 128 valence electrons. The molecule has 0 saturated carbocycles. The standard InChI is InChI=1S/C19H40O2/c1-3-4-5-6-7-8-9-10-11-12-13-16-19(21)17-14-15-18(2)20/h18-21H,3-17H2,1-2H3. The summed E-state index contributed by atoms with van der Waals surface area (Å²) in [6.45, 7) is 4.08. The molecule has 0 aliphatic rings. The number of hydrogen-bond donors (Lipinski definition) is 2. The summed E-state index contributed by atoms with van der Waals surface area (Å²) >= 11 is 0. The van der Waals surface area contributed by atoms with Crippen LogP contribution in [0.5, 0.6) is 0 Å². The van der Waals surface area contributed by atoms with E-state index in [9.17, 15) is 5.11 Å². The molecule has 0 aliphatic carbocycles. The van der Waals surface area contributed by atoms with E-state index in [0.717, 1.165) is 32.1 Å². The maximum atomic E-state index is 9.82. The highest BCUT2D eigenvalue weighted by atomic mass is 16.3. The van der Waals surface area contributed by atoms with Gasteiger partial charge in [-0.05, 0) is 32.6 Å². The quantitative estimate of drug-likeness (QED) is 0.364. The Labute approximate surface area is 133 Å². The third-order valence-corrected chi connectivity index (χ3v) is 4.30. The fourth-order valence-corrected chi connectivity index (χ4v) is 2.84. The maximum absolute atomic E-state index is 9.82. The average molecular weight is 301 g/mol. The van der Waals surface area contributed by atoms with Crippen molar-refractivity contribution in [2.45, 2.75) is 122 Å². The fourth-order valence-electron chi connectivity index (χ4n) is 2.84. The molecule has 0 aliphatic heterocycles. The molecule has 0 aromatic heterocycles. The first-order valence-corrected chi connectivity index (χ1v) is 9.53. The van der Waals surface area contributed by atoms with Crippen LogP contribution in [0.4, 0.5) is 0 Å². The maximum Gasteiger partial charge on any atom is 0.0540 e. The first kappa shape index (κ1) is 20.9. The van der Waals surface area contributed by atoms with E-state index < -0.39 is 0 Å². The van der Waals surface area contributed by atoms with E-state index in [0.29, 0.717) is 0 Å². The van der Waals surface area contributed by atoms with E-state index in [2.05, 4.69) is 6.92 Å². The summed E-state index contributed by atoms with van der Waals surface area (Å²) in [7, 11) is 0. The molecule has 0 aromatic rings. The molecule has 0 bridgehead atoms. The Kier molecular flexibility index (Phi) is 16.2. The molecule has 0 radical (unpaired) electrons. The lowest BCUT2D eigenvalue weighted by Gasteiger charge is -2.11. The molecular weight excluding hydrogens is 260 g/mol. The Morgan fingerprint density at radius 2 is 1.00 bits per heavy atom. The van der Waals surface area contributed by atoms with E-state index in [1.165, 1.54) is 64.2 Å². The minimum atomic E-state index is -0.223. The van der Waals surface area contributed by atoms with Gasteiger partial charge >= 0.3 is 0 Å². The van der Waals surface area contributed by atoms with Gasteiger partial charge in [0.2, 0.25) is 0 Å². The Balaban J connectivity index is 3.10. The first-order chi connectivity index (χ1) is 10.2. The molecule has 2 nitrogen and oxygen atoms in total. The molecule has 0 fully saturated rings. The van der Waals surface area contributed by atoms with Crippen LogP contribution < -0.4 is 0 Å². The lowest BCUT2D eigenvalue weighted by molar-refractivity contribution is 0.133. The van der Waals surface area contributed by atoms with Gasteiger partial charge in [0.15, 0.2) is 0 Å². The van der Waals surface area contributed by atoms with Crippen LogP contribution >= 0.6 is 0 Å². The van der Waals surface area contributed by atoms with Crippen molar-refractivity contribution in [2.75, 3.05) is 0 Å². The van der Waals surface area contributed by atoms with E-state index >= 15 is 0 Å². The molecule has 0 rings (SSSR count). The summed E-state index contributed by atoms with van der Waals surface area (Å²) in [6.07, 6.45) is 18.1. The molecule has 0 amide bonds. The van der Waals surface area contributed by atoms with Crippen LogP contribution in [-0.4, -0.2) is 22.4 Å². The number of rotatable bonds is 16. The van der Waals surface area contributed by atoms with Crippen LogP contribution in [0.2, 0.25) is 0 Å². The minimum Gasteiger partial charge on any atom is -0.393 e. The SMILES string of the molecule is CCCCCCCCCCCCCC(O)CCCC(C)O. The summed E-state index contributed by atoms with van der Waals surface area (Å²) in [5, 5.41) is 19.0. The smallest absolute Gasteiger partial charge is 0.0540 e. The van der Waals surface area contributed by atoms with Crippen LogP contribution in [0.1, 0.15) is 110 Å². The second-order valence-corrected chi connectivity index (χ2v) is 6.76. The zero-order chi connectivity index (χ0) is 15.8. The van der Waals surface area contributed by atoms with Gasteiger partial charge in [-0.1, -0.05) is 77.6 Å². The summed E-state index contributed by atoms with van der Waals surface area (Å²) in [4.78, 5) is 0. The molecule has 0 saturated heterocycles. The summed E-state index contributed by atoms with van der Waals surface area (Å²) in [5.74, 6) is 0. The average Bonchev–Trinajstić information content (AvgIpc) is 2.44. The van der Waals surface area contributed by atoms with Crippen molar-refractivity contribution >= 4 is 0 Å². The highest BCUT2D eigenvalue weighted by Crippen LogP contribution is 2.14. The van der Waals surface area contributed by atoms with Gasteiger partial charge in [-0.3, -0.25) is 0 Å².